The number of anilines is 1. The van der Waals surface area contributed by atoms with Gasteiger partial charge in [-0.25, -0.2) is 18.8 Å². The summed E-state index contributed by atoms with van der Waals surface area (Å²) in [5.41, 5.74) is 11.8. The molecule has 0 bridgehead atoms. The molecule has 8 nitrogen and oxygen atoms in total. The quantitative estimate of drug-likeness (QED) is 0.679. The minimum absolute atomic E-state index is 0.0124. The molecule has 4 N–H and O–H groups in total. The molecule has 1 aromatic carbocycles. The number of benzene rings is 1. The lowest BCUT2D eigenvalue weighted by Gasteiger charge is -2.27. The minimum atomic E-state index is -1.08. The van der Waals surface area contributed by atoms with Gasteiger partial charge in [0.1, 0.15) is 23.7 Å². The molecule has 0 saturated carbocycles. The Balaban J connectivity index is 1.84. The van der Waals surface area contributed by atoms with E-state index in [0.29, 0.717) is 11.1 Å². The number of nitrogens with two attached hydrogens (primary N) is 2. The molecular formula is C19H19F2N5O3. The molecule has 1 atom stereocenters. The molecule has 29 heavy (non-hydrogen) atoms. The highest BCUT2D eigenvalue weighted by Gasteiger charge is 2.30. The molecule has 1 aliphatic heterocycles. The van der Waals surface area contributed by atoms with E-state index in [-0.39, 0.29) is 41.4 Å². The summed E-state index contributed by atoms with van der Waals surface area (Å²) in [4.78, 5) is 24.6. The highest BCUT2D eigenvalue weighted by molar-refractivity contribution is 5.99. The number of nitrogen functional groups attached to an aromatic ring is 1. The predicted molar refractivity (Wildman–Crippen MR) is 102 cm³/mol. The van der Waals surface area contributed by atoms with Gasteiger partial charge in [-0.2, -0.15) is 4.98 Å². The van der Waals surface area contributed by atoms with Gasteiger partial charge in [-0.1, -0.05) is 24.3 Å². The molecular weight excluding hydrogens is 384 g/mol. The van der Waals surface area contributed by atoms with E-state index in [1.54, 1.807) is 31.2 Å². The SMILES string of the molecule is C[C@@]1(c2cccc(CC(=O)c3ncc(OCF)nc3N)c2)C=C(CF)OC(N)=N1. The van der Waals surface area contributed by atoms with Crippen molar-refractivity contribution in [2.24, 2.45) is 10.7 Å². The van der Waals surface area contributed by atoms with Crippen LogP contribution in [0, 0.1) is 0 Å². The number of Topliss-reactive ketones (excluding diaryl/α,β-unsaturated/α-hetero) is 1. The van der Waals surface area contributed by atoms with Crippen LogP contribution >= 0.6 is 0 Å². The number of hydrogen-bond acceptors (Lipinski definition) is 8. The fourth-order valence-corrected chi connectivity index (χ4v) is 2.97. The predicted octanol–water partition coefficient (Wildman–Crippen LogP) is 2.20. The van der Waals surface area contributed by atoms with Crippen LogP contribution < -0.4 is 16.2 Å². The highest BCUT2D eigenvalue weighted by Crippen LogP contribution is 2.32. The number of ketones is 1. The van der Waals surface area contributed by atoms with Crippen LogP contribution in [0.5, 0.6) is 5.88 Å². The van der Waals surface area contributed by atoms with Crippen molar-refractivity contribution in [1.29, 1.82) is 0 Å². The van der Waals surface area contributed by atoms with Crippen molar-refractivity contribution < 1.29 is 23.0 Å². The van der Waals surface area contributed by atoms with Gasteiger partial charge in [0.05, 0.1) is 6.20 Å². The topological polar surface area (TPSA) is 126 Å². The van der Waals surface area contributed by atoms with Crippen LogP contribution in [-0.2, 0) is 16.7 Å². The van der Waals surface area contributed by atoms with Gasteiger partial charge in [-0.3, -0.25) is 4.79 Å². The number of amidine groups is 1. The number of alkyl halides is 2. The van der Waals surface area contributed by atoms with Crippen LogP contribution in [0.1, 0.15) is 28.5 Å². The highest BCUT2D eigenvalue weighted by atomic mass is 19.1. The summed E-state index contributed by atoms with van der Waals surface area (Å²) in [5, 5.41) is 0. The van der Waals surface area contributed by atoms with E-state index in [0.717, 1.165) is 6.20 Å². The maximum absolute atomic E-state index is 13.1. The lowest BCUT2D eigenvalue weighted by molar-refractivity contribution is 0.0988. The second-order valence-electron chi connectivity index (χ2n) is 6.44. The number of carbonyl (C=O) groups is 1. The Bertz CT molecular complexity index is 996. The van der Waals surface area contributed by atoms with E-state index in [1.807, 2.05) is 0 Å². The molecule has 1 aliphatic rings. The average molecular weight is 403 g/mol. The number of aliphatic imine (C=N–C) groups is 1. The molecule has 2 heterocycles. The molecule has 0 radical (unpaired) electrons. The van der Waals surface area contributed by atoms with Gasteiger partial charge in [-0.15, -0.1) is 0 Å². The smallest absolute Gasteiger partial charge is 0.288 e. The van der Waals surface area contributed by atoms with E-state index in [4.69, 9.17) is 16.2 Å². The van der Waals surface area contributed by atoms with Crippen LogP contribution in [-0.4, -0.2) is 35.3 Å². The average Bonchev–Trinajstić information content (AvgIpc) is 2.67. The third-order valence-electron chi connectivity index (χ3n) is 4.27. The summed E-state index contributed by atoms with van der Waals surface area (Å²) in [6.07, 6.45) is 2.66. The fraction of sp³-hybridized carbons (Fsp3) is 0.263. The van der Waals surface area contributed by atoms with Crippen LogP contribution in [0.25, 0.3) is 0 Å². The molecule has 10 heteroatoms. The number of allylic oxidation sites excluding steroid dienone is 1. The Kier molecular flexibility index (Phi) is 5.71. The minimum Gasteiger partial charge on any atom is -0.445 e. The first-order valence-corrected chi connectivity index (χ1v) is 8.59. The maximum Gasteiger partial charge on any atom is 0.288 e. The van der Waals surface area contributed by atoms with E-state index >= 15 is 0 Å². The molecule has 1 aromatic heterocycles. The van der Waals surface area contributed by atoms with Gasteiger partial charge < -0.3 is 20.9 Å². The zero-order valence-electron chi connectivity index (χ0n) is 15.6. The molecule has 0 aliphatic carbocycles. The normalized spacial score (nSPS) is 18.4. The lowest BCUT2D eigenvalue weighted by atomic mass is 9.89. The van der Waals surface area contributed by atoms with Crippen LogP contribution in [0.15, 0.2) is 47.3 Å². The van der Waals surface area contributed by atoms with Crippen molar-refractivity contribution >= 4 is 17.6 Å². The summed E-state index contributed by atoms with van der Waals surface area (Å²) in [6.45, 7) is -0.139. The Morgan fingerprint density at radius 2 is 2.10 bits per heavy atom. The molecule has 3 rings (SSSR count). The lowest BCUT2D eigenvalue weighted by Crippen LogP contribution is -2.30. The van der Waals surface area contributed by atoms with Gasteiger partial charge in [-0.05, 0) is 24.1 Å². The largest absolute Gasteiger partial charge is 0.445 e. The van der Waals surface area contributed by atoms with Crippen LogP contribution in [0.2, 0.25) is 0 Å². The third kappa shape index (κ3) is 4.48. The summed E-state index contributed by atoms with van der Waals surface area (Å²) in [5.74, 6) is -0.567. The number of carbonyl (C=O) groups excluding carboxylic acids is 1. The van der Waals surface area contributed by atoms with Crippen molar-refractivity contribution in [3.05, 3.63) is 59.1 Å². The fourth-order valence-electron chi connectivity index (χ4n) is 2.97. The van der Waals surface area contributed by atoms with Crippen molar-refractivity contribution in [2.75, 3.05) is 19.3 Å². The van der Waals surface area contributed by atoms with Gasteiger partial charge in [0.2, 0.25) is 12.7 Å². The molecule has 152 valence electrons. The summed E-state index contributed by atoms with van der Waals surface area (Å²) < 4.78 is 34.9. The maximum atomic E-state index is 13.1. The summed E-state index contributed by atoms with van der Waals surface area (Å²) >= 11 is 0. The molecule has 2 aromatic rings. The van der Waals surface area contributed by atoms with E-state index in [9.17, 15) is 13.6 Å². The number of ether oxygens (including phenoxy) is 2. The van der Waals surface area contributed by atoms with Crippen molar-refractivity contribution in [1.82, 2.24) is 9.97 Å². The molecule has 0 spiro atoms. The zero-order chi connectivity index (χ0) is 21.0. The van der Waals surface area contributed by atoms with Gasteiger partial charge in [0, 0.05) is 6.42 Å². The molecule has 0 unspecified atom stereocenters. The van der Waals surface area contributed by atoms with Crippen molar-refractivity contribution in [3.63, 3.8) is 0 Å². The first-order valence-electron chi connectivity index (χ1n) is 8.59. The second-order valence-corrected chi connectivity index (χ2v) is 6.44. The number of aromatic nitrogens is 2. The Morgan fingerprint density at radius 1 is 1.31 bits per heavy atom. The third-order valence-corrected chi connectivity index (χ3v) is 4.27. The number of hydrogen-bond donors (Lipinski definition) is 2. The first-order chi connectivity index (χ1) is 13.8. The Hall–Kier alpha value is -3.56. The Morgan fingerprint density at radius 3 is 2.79 bits per heavy atom. The number of halogens is 2. The van der Waals surface area contributed by atoms with E-state index in [2.05, 4.69) is 19.7 Å². The monoisotopic (exact) mass is 403 g/mol. The van der Waals surface area contributed by atoms with Crippen molar-refractivity contribution in [3.8, 4) is 5.88 Å². The number of rotatable bonds is 7. The van der Waals surface area contributed by atoms with E-state index < -0.39 is 19.1 Å². The molecule has 0 saturated heterocycles. The van der Waals surface area contributed by atoms with E-state index in [1.165, 1.54) is 6.08 Å². The zero-order valence-corrected chi connectivity index (χ0v) is 15.6. The molecule has 0 fully saturated rings. The molecule has 0 amide bonds. The second kappa shape index (κ2) is 8.21. The van der Waals surface area contributed by atoms with Gasteiger partial charge in [0.15, 0.2) is 11.6 Å². The summed E-state index contributed by atoms with van der Waals surface area (Å²) in [7, 11) is 0. The first kappa shape index (κ1) is 20.2. The van der Waals surface area contributed by atoms with Crippen LogP contribution in [0.4, 0.5) is 14.6 Å². The van der Waals surface area contributed by atoms with Gasteiger partial charge >= 0.3 is 0 Å². The Labute approximate surface area is 165 Å². The van der Waals surface area contributed by atoms with Crippen LogP contribution in [0.3, 0.4) is 0 Å². The summed E-state index contributed by atoms with van der Waals surface area (Å²) in [6, 6.07) is 6.92. The van der Waals surface area contributed by atoms with Crippen molar-refractivity contribution in [2.45, 2.75) is 18.9 Å². The van der Waals surface area contributed by atoms with Gasteiger partial charge in [0.25, 0.3) is 6.02 Å². The number of nitrogens with zero attached hydrogens (tertiary/aromatic N) is 3. The standard InChI is InChI=1S/C19H19F2N5O3/c1-19(7-13(8-20)29-18(23)26-19)12-4-2-3-11(5-12)6-14(27)16-17(22)25-15(9-24-16)28-10-21/h2-5,7,9H,6,8,10H2,1H3,(H2,22,25)(H2,23,26)/t19-/m0/s1.